The van der Waals surface area contributed by atoms with Crippen LogP contribution in [0.2, 0.25) is 0 Å². The van der Waals surface area contributed by atoms with Crippen LogP contribution in [0.1, 0.15) is 6.92 Å². The minimum atomic E-state index is -0.124. The van der Waals surface area contributed by atoms with Gasteiger partial charge in [0.1, 0.15) is 12.7 Å². The number of hydrogen-bond donors (Lipinski definition) is 2. The Bertz CT molecular complexity index is 494. The van der Waals surface area contributed by atoms with Crippen molar-refractivity contribution in [2.75, 3.05) is 26.2 Å². The summed E-state index contributed by atoms with van der Waals surface area (Å²) in [6.45, 7) is 4.80. The van der Waals surface area contributed by atoms with Crippen molar-refractivity contribution in [3.05, 3.63) is 24.3 Å². The van der Waals surface area contributed by atoms with E-state index in [2.05, 4.69) is 10.6 Å². The Balaban J connectivity index is 0.00000161. The Hall–Kier alpha value is -1.46. The topological polar surface area (TPSA) is 59.6 Å². The van der Waals surface area contributed by atoms with Gasteiger partial charge in [0.2, 0.25) is 5.91 Å². The molecule has 1 fully saturated rings. The van der Waals surface area contributed by atoms with Crippen molar-refractivity contribution in [3.63, 3.8) is 0 Å². The number of para-hydroxylation sites is 2. The normalized spacial score (nSPS) is 21.7. The van der Waals surface area contributed by atoms with E-state index in [0.29, 0.717) is 19.1 Å². The van der Waals surface area contributed by atoms with E-state index < -0.39 is 0 Å². The fraction of sp³-hybridized carbons (Fsp3) is 0.533. The number of rotatable bonds is 4. The SMILES string of the molecule is CC(C(=O)NCC1COc2ccccc2O1)C1CNC1.Cl. The number of ether oxygens (including phenoxy) is 2. The van der Waals surface area contributed by atoms with Crippen LogP contribution in [0.4, 0.5) is 0 Å². The van der Waals surface area contributed by atoms with Crippen molar-refractivity contribution < 1.29 is 14.3 Å². The van der Waals surface area contributed by atoms with Crippen molar-refractivity contribution >= 4 is 18.3 Å². The number of hydrogen-bond acceptors (Lipinski definition) is 4. The van der Waals surface area contributed by atoms with Crippen LogP contribution in [0.25, 0.3) is 0 Å². The zero-order valence-corrected chi connectivity index (χ0v) is 12.8. The molecule has 21 heavy (non-hydrogen) atoms. The lowest BCUT2D eigenvalue weighted by atomic mass is 9.88. The van der Waals surface area contributed by atoms with Crippen LogP contribution in [-0.2, 0) is 4.79 Å². The average Bonchev–Trinajstić information content (AvgIpc) is 2.42. The predicted molar refractivity (Wildman–Crippen MR) is 82.1 cm³/mol. The van der Waals surface area contributed by atoms with Crippen molar-refractivity contribution in [2.24, 2.45) is 11.8 Å². The first-order chi connectivity index (χ1) is 9.74. The summed E-state index contributed by atoms with van der Waals surface area (Å²) in [5.74, 6) is 2.12. The zero-order chi connectivity index (χ0) is 13.9. The van der Waals surface area contributed by atoms with Gasteiger partial charge in [0.25, 0.3) is 0 Å². The van der Waals surface area contributed by atoms with Crippen LogP contribution in [0.3, 0.4) is 0 Å². The molecule has 2 aliphatic heterocycles. The maximum atomic E-state index is 12.0. The van der Waals surface area contributed by atoms with E-state index in [1.165, 1.54) is 0 Å². The largest absolute Gasteiger partial charge is 0.486 e. The van der Waals surface area contributed by atoms with Gasteiger partial charge >= 0.3 is 0 Å². The number of carbonyl (C=O) groups excluding carboxylic acids is 1. The number of halogens is 1. The average molecular weight is 313 g/mol. The Labute approximate surface area is 130 Å². The van der Waals surface area contributed by atoms with E-state index in [9.17, 15) is 4.79 Å². The molecule has 0 saturated carbocycles. The first-order valence-electron chi connectivity index (χ1n) is 7.11. The molecule has 0 bridgehead atoms. The van der Waals surface area contributed by atoms with Gasteiger partial charge in [0, 0.05) is 5.92 Å². The monoisotopic (exact) mass is 312 g/mol. The maximum Gasteiger partial charge on any atom is 0.223 e. The minimum Gasteiger partial charge on any atom is -0.486 e. The predicted octanol–water partition coefficient (Wildman–Crippen LogP) is 1.22. The van der Waals surface area contributed by atoms with Gasteiger partial charge in [-0.1, -0.05) is 19.1 Å². The van der Waals surface area contributed by atoms with Crippen molar-refractivity contribution in [2.45, 2.75) is 13.0 Å². The summed E-state index contributed by atoms with van der Waals surface area (Å²) in [6, 6.07) is 7.59. The third kappa shape index (κ3) is 3.60. The van der Waals surface area contributed by atoms with E-state index in [-0.39, 0.29) is 30.3 Å². The first-order valence-corrected chi connectivity index (χ1v) is 7.11. The standard InChI is InChI=1S/C15H20N2O3.ClH/c1-10(11-6-16-7-11)15(18)17-8-12-9-19-13-4-2-3-5-14(13)20-12;/h2-5,10-12,16H,6-9H2,1H3,(H,17,18);1H. The van der Waals surface area contributed by atoms with Crippen LogP contribution in [-0.4, -0.2) is 38.3 Å². The summed E-state index contributed by atoms with van der Waals surface area (Å²) >= 11 is 0. The Morgan fingerprint density at radius 3 is 2.76 bits per heavy atom. The lowest BCUT2D eigenvalue weighted by molar-refractivity contribution is -0.127. The second kappa shape index (κ2) is 7.00. The van der Waals surface area contributed by atoms with Crippen LogP contribution < -0.4 is 20.1 Å². The number of carbonyl (C=O) groups is 1. The molecule has 2 N–H and O–H groups in total. The molecule has 3 rings (SSSR count). The Morgan fingerprint density at radius 2 is 2.10 bits per heavy atom. The first kappa shape index (κ1) is 15.9. The lowest BCUT2D eigenvalue weighted by Gasteiger charge is -2.32. The minimum absolute atomic E-state index is 0. The molecule has 6 heteroatoms. The summed E-state index contributed by atoms with van der Waals surface area (Å²) in [7, 11) is 0. The van der Waals surface area contributed by atoms with E-state index in [0.717, 1.165) is 24.6 Å². The van der Waals surface area contributed by atoms with E-state index >= 15 is 0 Å². The van der Waals surface area contributed by atoms with Crippen LogP contribution in [0.5, 0.6) is 11.5 Å². The van der Waals surface area contributed by atoms with Crippen LogP contribution in [0.15, 0.2) is 24.3 Å². The molecular formula is C15H21ClN2O3. The molecule has 5 nitrogen and oxygen atoms in total. The highest BCUT2D eigenvalue weighted by atomic mass is 35.5. The smallest absolute Gasteiger partial charge is 0.223 e. The molecule has 0 spiro atoms. The number of fused-ring (bicyclic) bond motifs is 1. The van der Waals surface area contributed by atoms with Gasteiger partial charge in [-0.25, -0.2) is 0 Å². The van der Waals surface area contributed by atoms with Gasteiger partial charge in [0.05, 0.1) is 6.54 Å². The van der Waals surface area contributed by atoms with Gasteiger partial charge in [-0.05, 0) is 31.1 Å². The summed E-state index contributed by atoms with van der Waals surface area (Å²) in [6.07, 6.45) is -0.124. The molecule has 2 heterocycles. The Morgan fingerprint density at radius 1 is 1.38 bits per heavy atom. The van der Waals surface area contributed by atoms with Crippen molar-refractivity contribution in [3.8, 4) is 11.5 Å². The number of benzene rings is 1. The fourth-order valence-electron chi connectivity index (χ4n) is 2.42. The van der Waals surface area contributed by atoms with E-state index in [1.807, 2.05) is 31.2 Å². The van der Waals surface area contributed by atoms with Crippen molar-refractivity contribution in [1.29, 1.82) is 0 Å². The molecule has 1 aromatic rings. The Kier molecular flexibility index (Phi) is 5.31. The summed E-state index contributed by atoms with van der Waals surface area (Å²) in [5, 5.41) is 6.15. The van der Waals surface area contributed by atoms with Gasteiger partial charge in [-0.15, -0.1) is 12.4 Å². The third-order valence-corrected chi connectivity index (χ3v) is 4.01. The van der Waals surface area contributed by atoms with Gasteiger partial charge in [-0.3, -0.25) is 4.79 Å². The molecule has 0 aliphatic carbocycles. The quantitative estimate of drug-likeness (QED) is 0.877. The molecule has 1 saturated heterocycles. The number of nitrogens with one attached hydrogen (secondary N) is 2. The summed E-state index contributed by atoms with van der Waals surface area (Å²) in [5.41, 5.74) is 0. The zero-order valence-electron chi connectivity index (χ0n) is 12.0. The molecule has 2 aliphatic rings. The molecule has 2 unspecified atom stereocenters. The second-order valence-corrected chi connectivity index (χ2v) is 5.45. The number of amides is 1. The summed E-state index contributed by atoms with van der Waals surface area (Å²) < 4.78 is 11.4. The van der Waals surface area contributed by atoms with Crippen LogP contribution >= 0.6 is 12.4 Å². The highest BCUT2D eigenvalue weighted by Gasteiger charge is 2.29. The highest BCUT2D eigenvalue weighted by molar-refractivity contribution is 5.85. The fourth-order valence-corrected chi connectivity index (χ4v) is 2.42. The van der Waals surface area contributed by atoms with E-state index in [4.69, 9.17) is 9.47 Å². The van der Waals surface area contributed by atoms with Gasteiger partial charge < -0.3 is 20.1 Å². The second-order valence-electron chi connectivity index (χ2n) is 5.45. The molecule has 1 amide bonds. The maximum absolute atomic E-state index is 12.0. The van der Waals surface area contributed by atoms with Crippen molar-refractivity contribution in [1.82, 2.24) is 10.6 Å². The van der Waals surface area contributed by atoms with Gasteiger partial charge in [-0.2, -0.15) is 0 Å². The molecule has 0 radical (unpaired) electrons. The molecule has 0 aromatic heterocycles. The third-order valence-electron chi connectivity index (χ3n) is 4.01. The highest BCUT2D eigenvalue weighted by Crippen LogP contribution is 2.30. The molecule has 1 aromatic carbocycles. The lowest BCUT2D eigenvalue weighted by Crippen LogP contribution is -2.51. The molecule has 2 atom stereocenters. The van der Waals surface area contributed by atoms with E-state index in [1.54, 1.807) is 0 Å². The van der Waals surface area contributed by atoms with Crippen LogP contribution in [0, 0.1) is 11.8 Å². The molecular weight excluding hydrogens is 292 g/mol. The summed E-state index contributed by atoms with van der Waals surface area (Å²) in [4.78, 5) is 12.0. The van der Waals surface area contributed by atoms with Gasteiger partial charge in [0.15, 0.2) is 11.5 Å². The molecule has 116 valence electrons.